The second-order valence-corrected chi connectivity index (χ2v) is 6.84. The van der Waals surface area contributed by atoms with Crippen molar-refractivity contribution in [3.05, 3.63) is 75.8 Å². The first kappa shape index (κ1) is 16.9. The molecule has 3 heterocycles. The third-order valence-corrected chi connectivity index (χ3v) is 4.74. The zero-order chi connectivity index (χ0) is 17.9. The number of rotatable bonds is 4. The number of ether oxygens (including phenoxy) is 1. The van der Waals surface area contributed by atoms with Crippen LogP contribution in [0.2, 0.25) is 0 Å². The Kier molecular flexibility index (Phi) is 4.77. The number of aromatic nitrogens is 4. The number of hydrogen-bond acceptors (Lipinski definition) is 5. The fourth-order valence-electron chi connectivity index (χ4n) is 2.82. The van der Waals surface area contributed by atoms with Gasteiger partial charge in [-0.1, -0.05) is 39.3 Å². The van der Waals surface area contributed by atoms with Gasteiger partial charge in [-0.3, -0.25) is 9.78 Å². The molecule has 1 N–H and O–H groups in total. The number of fused-ring (bicyclic) bond motifs is 1. The van der Waals surface area contributed by atoms with Crippen LogP contribution in [-0.2, 0) is 24.4 Å². The lowest BCUT2D eigenvalue weighted by Gasteiger charge is -2.24. The Morgan fingerprint density at radius 3 is 2.88 bits per heavy atom. The summed E-state index contributed by atoms with van der Waals surface area (Å²) in [7, 11) is 0. The molecular formula is C18H16BrN5O2. The summed E-state index contributed by atoms with van der Waals surface area (Å²) >= 11 is 3.43. The van der Waals surface area contributed by atoms with Crippen molar-refractivity contribution in [2.75, 3.05) is 0 Å². The van der Waals surface area contributed by atoms with Crippen LogP contribution < -0.4 is 5.32 Å². The van der Waals surface area contributed by atoms with Crippen molar-refractivity contribution in [3.63, 3.8) is 0 Å². The zero-order valence-corrected chi connectivity index (χ0v) is 15.4. The number of carbonyl (C=O) groups excluding carboxylic acids is 1. The molecule has 1 aliphatic heterocycles. The maximum atomic E-state index is 12.4. The molecule has 8 heteroatoms. The molecule has 0 bridgehead atoms. The number of carbonyl (C=O) groups is 1. The Morgan fingerprint density at radius 1 is 1.27 bits per heavy atom. The fraction of sp³-hybridized carbons (Fsp3) is 0.222. The van der Waals surface area contributed by atoms with Gasteiger partial charge in [0.2, 0.25) is 0 Å². The van der Waals surface area contributed by atoms with E-state index in [1.807, 2.05) is 42.5 Å². The predicted octanol–water partition coefficient (Wildman–Crippen LogP) is 2.64. The van der Waals surface area contributed by atoms with E-state index in [4.69, 9.17) is 4.74 Å². The summed E-state index contributed by atoms with van der Waals surface area (Å²) in [6.07, 6.45) is 1.58. The molecule has 1 aromatic carbocycles. The number of nitrogens with zero attached hydrogens (tertiary/aromatic N) is 4. The standard InChI is InChI=1S/C18H16BrN5O2/c19-13-6-4-12(5-7-13)16-10-24-15(11-26-16)17(22-23-24)18(25)21-9-14-3-1-2-8-20-14/h1-8,16H,9-11H2,(H,21,25)/t16-/m1/s1. The molecule has 3 aromatic rings. The Bertz CT molecular complexity index is 911. The van der Waals surface area contributed by atoms with E-state index in [9.17, 15) is 4.79 Å². The minimum atomic E-state index is -0.275. The summed E-state index contributed by atoms with van der Waals surface area (Å²) in [6.45, 7) is 1.16. The summed E-state index contributed by atoms with van der Waals surface area (Å²) < 4.78 is 8.69. The lowest BCUT2D eigenvalue weighted by molar-refractivity contribution is -0.00177. The highest BCUT2D eigenvalue weighted by Crippen LogP contribution is 2.27. The van der Waals surface area contributed by atoms with Crippen molar-refractivity contribution in [1.82, 2.24) is 25.3 Å². The number of amides is 1. The molecule has 0 aliphatic carbocycles. The molecule has 1 atom stereocenters. The minimum Gasteiger partial charge on any atom is -0.365 e. The molecule has 2 aromatic heterocycles. The van der Waals surface area contributed by atoms with E-state index in [1.54, 1.807) is 10.9 Å². The maximum Gasteiger partial charge on any atom is 0.274 e. The Hall–Kier alpha value is -2.58. The first-order chi connectivity index (χ1) is 12.7. The molecule has 7 nitrogen and oxygen atoms in total. The molecule has 0 spiro atoms. The highest BCUT2D eigenvalue weighted by Gasteiger charge is 2.27. The molecule has 0 unspecified atom stereocenters. The van der Waals surface area contributed by atoms with Crippen molar-refractivity contribution in [1.29, 1.82) is 0 Å². The normalized spacial score (nSPS) is 16.1. The Labute approximate surface area is 158 Å². The fourth-order valence-corrected chi connectivity index (χ4v) is 3.09. The van der Waals surface area contributed by atoms with E-state index in [1.165, 1.54) is 0 Å². The highest BCUT2D eigenvalue weighted by molar-refractivity contribution is 9.10. The average Bonchev–Trinajstić information content (AvgIpc) is 3.11. The molecule has 132 valence electrons. The lowest BCUT2D eigenvalue weighted by Crippen LogP contribution is -2.27. The molecule has 0 saturated heterocycles. The zero-order valence-electron chi connectivity index (χ0n) is 13.8. The molecule has 0 fully saturated rings. The SMILES string of the molecule is O=C(NCc1ccccn1)c1nnn2c1CO[C@@H](c1ccc(Br)cc1)C2. The van der Waals surface area contributed by atoms with Crippen LogP contribution in [0.15, 0.2) is 53.1 Å². The molecule has 1 amide bonds. The van der Waals surface area contributed by atoms with E-state index in [0.717, 1.165) is 15.7 Å². The van der Waals surface area contributed by atoms with E-state index in [-0.39, 0.29) is 12.0 Å². The molecule has 0 saturated carbocycles. The van der Waals surface area contributed by atoms with Gasteiger partial charge < -0.3 is 10.1 Å². The number of pyridine rings is 1. The Balaban J connectivity index is 1.45. The van der Waals surface area contributed by atoms with Gasteiger partial charge >= 0.3 is 0 Å². The topological polar surface area (TPSA) is 81.9 Å². The van der Waals surface area contributed by atoms with Crippen LogP contribution in [0.3, 0.4) is 0 Å². The molecule has 4 rings (SSSR count). The van der Waals surface area contributed by atoms with Crippen molar-refractivity contribution in [3.8, 4) is 0 Å². The number of hydrogen-bond donors (Lipinski definition) is 1. The molecule has 1 aliphatic rings. The van der Waals surface area contributed by atoms with Gasteiger partial charge in [0.25, 0.3) is 5.91 Å². The summed E-state index contributed by atoms with van der Waals surface area (Å²) in [5.74, 6) is -0.275. The first-order valence-electron chi connectivity index (χ1n) is 8.18. The second-order valence-electron chi connectivity index (χ2n) is 5.92. The molecular weight excluding hydrogens is 398 g/mol. The van der Waals surface area contributed by atoms with Crippen molar-refractivity contribution in [2.45, 2.75) is 25.8 Å². The molecule has 26 heavy (non-hydrogen) atoms. The van der Waals surface area contributed by atoms with Crippen molar-refractivity contribution >= 4 is 21.8 Å². The quantitative estimate of drug-likeness (QED) is 0.710. The van der Waals surface area contributed by atoms with Crippen LogP contribution in [0.4, 0.5) is 0 Å². The van der Waals surface area contributed by atoms with E-state index in [0.29, 0.717) is 31.1 Å². The number of benzene rings is 1. The smallest absolute Gasteiger partial charge is 0.274 e. The average molecular weight is 414 g/mol. The van der Waals surface area contributed by atoms with Crippen LogP contribution in [0, 0.1) is 0 Å². The van der Waals surface area contributed by atoms with Crippen LogP contribution in [-0.4, -0.2) is 25.9 Å². The van der Waals surface area contributed by atoms with E-state index < -0.39 is 0 Å². The summed E-state index contributed by atoms with van der Waals surface area (Å²) in [6, 6.07) is 13.5. The third kappa shape index (κ3) is 3.51. The van der Waals surface area contributed by atoms with Gasteiger partial charge in [-0.15, -0.1) is 5.10 Å². The van der Waals surface area contributed by atoms with Gasteiger partial charge in [0.1, 0.15) is 6.10 Å². The first-order valence-corrected chi connectivity index (χ1v) is 8.97. The van der Waals surface area contributed by atoms with Crippen LogP contribution >= 0.6 is 15.9 Å². The second kappa shape index (κ2) is 7.35. The molecule has 0 radical (unpaired) electrons. The van der Waals surface area contributed by atoms with Gasteiger partial charge in [0.05, 0.1) is 31.1 Å². The van der Waals surface area contributed by atoms with Gasteiger partial charge in [-0.2, -0.15) is 0 Å². The third-order valence-electron chi connectivity index (χ3n) is 4.21. The van der Waals surface area contributed by atoms with E-state index in [2.05, 4.69) is 36.5 Å². The van der Waals surface area contributed by atoms with Crippen LogP contribution in [0.25, 0.3) is 0 Å². The predicted molar refractivity (Wildman–Crippen MR) is 97.1 cm³/mol. The van der Waals surface area contributed by atoms with Crippen molar-refractivity contribution in [2.24, 2.45) is 0 Å². The van der Waals surface area contributed by atoms with Crippen LogP contribution in [0.1, 0.15) is 33.5 Å². The summed E-state index contributed by atoms with van der Waals surface area (Å²) in [4.78, 5) is 16.6. The Morgan fingerprint density at radius 2 is 2.12 bits per heavy atom. The van der Waals surface area contributed by atoms with Crippen LogP contribution in [0.5, 0.6) is 0 Å². The maximum absolute atomic E-state index is 12.4. The summed E-state index contributed by atoms with van der Waals surface area (Å²) in [5, 5.41) is 11.0. The van der Waals surface area contributed by atoms with Gasteiger partial charge in [0.15, 0.2) is 5.69 Å². The van der Waals surface area contributed by atoms with Gasteiger partial charge in [-0.25, -0.2) is 4.68 Å². The number of nitrogens with one attached hydrogen (secondary N) is 1. The van der Waals surface area contributed by atoms with Crippen molar-refractivity contribution < 1.29 is 9.53 Å². The highest BCUT2D eigenvalue weighted by atomic mass is 79.9. The van der Waals surface area contributed by atoms with Gasteiger partial charge in [0, 0.05) is 10.7 Å². The summed E-state index contributed by atoms with van der Waals surface area (Å²) in [5.41, 5.74) is 2.84. The van der Waals surface area contributed by atoms with Gasteiger partial charge in [-0.05, 0) is 29.8 Å². The lowest BCUT2D eigenvalue weighted by atomic mass is 10.1. The largest absolute Gasteiger partial charge is 0.365 e. The minimum absolute atomic E-state index is 0.110. The number of halogens is 1. The van der Waals surface area contributed by atoms with E-state index >= 15 is 0 Å². The monoisotopic (exact) mass is 413 g/mol.